The summed E-state index contributed by atoms with van der Waals surface area (Å²) in [6.07, 6.45) is 5.22. The molecule has 9 heteroatoms. The van der Waals surface area contributed by atoms with Gasteiger partial charge in [-0.25, -0.2) is 14.4 Å². The third kappa shape index (κ3) is 5.03. The highest BCUT2D eigenvalue weighted by Crippen LogP contribution is 2.27. The van der Waals surface area contributed by atoms with Crippen LogP contribution in [-0.2, 0) is 6.54 Å². The van der Waals surface area contributed by atoms with Gasteiger partial charge in [-0.15, -0.1) is 0 Å². The second kappa shape index (κ2) is 9.68. The van der Waals surface area contributed by atoms with Crippen LogP contribution in [0.3, 0.4) is 0 Å². The fourth-order valence-electron chi connectivity index (χ4n) is 4.88. The van der Waals surface area contributed by atoms with Crippen LogP contribution in [-0.4, -0.2) is 70.0 Å². The number of benzene rings is 1. The molecule has 172 valence electrons. The molecule has 32 heavy (non-hydrogen) atoms. The second-order valence-corrected chi connectivity index (χ2v) is 9.35. The smallest absolute Gasteiger partial charge is 0.268 e. The average molecular weight is 461 g/mol. The van der Waals surface area contributed by atoms with Crippen LogP contribution in [0, 0.1) is 5.82 Å². The number of piperidine rings is 1. The molecule has 7 nitrogen and oxygen atoms in total. The predicted octanol–water partition coefficient (Wildman–Crippen LogP) is 2.93. The molecular formula is C23H30ClFN6O. The molecule has 0 unspecified atom stereocenters. The summed E-state index contributed by atoms with van der Waals surface area (Å²) in [5.74, 6) is -0.0283. The van der Waals surface area contributed by atoms with Crippen molar-refractivity contribution in [2.45, 2.75) is 51.4 Å². The summed E-state index contributed by atoms with van der Waals surface area (Å²) in [6, 6.07) is 6.09. The van der Waals surface area contributed by atoms with E-state index in [2.05, 4.69) is 38.5 Å². The van der Waals surface area contributed by atoms with Gasteiger partial charge in [0.25, 0.3) is 5.91 Å². The minimum absolute atomic E-state index is 0.179. The van der Waals surface area contributed by atoms with Gasteiger partial charge in [0.15, 0.2) is 0 Å². The van der Waals surface area contributed by atoms with Crippen molar-refractivity contribution in [1.29, 1.82) is 0 Å². The Morgan fingerprint density at radius 3 is 2.53 bits per heavy atom. The van der Waals surface area contributed by atoms with E-state index in [0.717, 1.165) is 44.8 Å². The number of aromatic nitrogens is 2. The molecule has 2 aliphatic heterocycles. The highest BCUT2D eigenvalue weighted by atomic mass is 35.5. The zero-order chi connectivity index (χ0) is 22.8. The molecule has 2 atom stereocenters. The Balaban J connectivity index is 1.33. The fraction of sp³-hybridized carbons (Fsp3) is 0.522. The normalized spacial score (nSPS) is 23.4. The molecule has 1 aromatic heterocycles. The molecule has 0 aliphatic carbocycles. The molecule has 2 aliphatic rings. The van der Waals surface area contributed by atoms with Crippen LogP contribution >= 0.6 is 11.6 Å². The van der Waals surface area contributed by atoms with Crippen molar-refractivity contribution in [3.63, 3.8) is 0 Å². The summed E-state index contributed by atoms with van der Waals surface area (Å²) in [7, 11) is 0. The number of rotatable bonds is 5. The van der Waals surface area contributed by atoms with Crippen LogP contribution in [0.25, 0.3) is 0 Å². The molecular weight excluding hydrogens is 431 g/mol. The van der Waals surface area contributed by atoms with Gasteiger partial charge in [-0.1, -0.05) is 17.7 Å². The maximum Gasteiger partial charge on any atom is 0.268 e. The number of primary amides is 1. The summed E-state index contributed by atoms with van der Waals surface area (Å²) in [4.78, 5) is 27.0. The number of amides is 1. The summed E-state index contributed by atoms with van der Waals surface area (Å²) in [5.41, 5.74) is 6.15. The Hall–Kier alpha value is -2.29. The van der Waals surface area contributed by atoms with E-state index in [4.69, 9.17) is 17.3 Å². The minimum Gasteiger partial charge on any atom is -0.364 e. The molecule has 2 N–H and O–H groups in total. The van der Waals surface area contributed by atoms with Gasteiger partial charge >= 0.3 is 0 Å². The summed E-state index contributed by atoms with van der Waals surface area (Å²) in [5, 5.41) is 0.432. The highest BCUT2D eigenvalue weighted by Gasteiger charge is 2.35. The number of nitrogens with two attached hydrogens (primary N) is 1. The van der Waals surface area contributed by atoms with E-state index >= 15 is 0 Å². The lowest BCUT2D eigenvalue weighted by atomic mass is 9.97. The van der Waals surface area contributed by atoms with Gasteiger partial charge in [0.05, 0.1) is 12.4 Å². The van der Waals surface area contributed by atoms with E-state index in [1.165, 1.54) is 12.3 Å². The van der Waals surface area contributed by atoms with Crippen LogP contribution in [0.15, 0.2) is 30.6 Å². The van der Waals surface area contributed by atoms with E-state index in [-0.39, 0.29) is 17.6 Å². The second-order valence-electron chi connectivity index (χ2n) is 8.91. The van der Waals surface area contributed by atoms with Crippen molar-refractivity contribution in [1.82, 2.24) is 19.8 Å². The molecule has 1 aromatic carbocycles. The van der Waals surface area contributed by atoms with E-state index in [1.807, 2.05) is 0 Å². The van der Waals surface area contributed by atoms with Crippen molar-refractivity contribution in [2.24, 2.45) is 5.73 Å². The highest BCUT2D eigenvalue weighted by molar-refractivity contribution is 6.30. The number of piperazine rings is 1. The Kier molecular flexibility index (Phi) is 6.93. The number of hydrogen-bond acceptors (Lipinski definition) is 6. The molecule has 2 aromatic rings. The van der Waals surface area contributed by atoms with Gasteiger partial charge in [0.2, 0.25) is 0 Å². The molecule has 0 saturated carbocycles. The van der Waals surface area contributed by atoms with Crippen molar-refractivity contribution >= 4 is 23.3 Å². The summed E-state index contributed by atoms with van der Waals surface area (Å²) >= 11 is 5.87. The molecule has 1 amide bonds. The van der Waals surface area contributed by atoms with E-state index in [9.17, 15) is 9.18 Å². The first-order valence-corrected chi connectivity index (χ1v) is 11.5. The Morgan fingerprint density at radius 1 is 1.16 bits per heavy atom. The zero-order valence-electron chi connectivity index (χ0n) is 18.5. The topological polar surface area (TPSA) is 78.6 Å². The molecule has 3 heterocycles. The van der Waals surface area contributed by atoms with E-state index in [1.54, 1.807) is 18.3 Å². The number of hydrogen-bond donors (Lipinski definition) is 1. The number of halogens is 2. The number of anilines is 1. The lowest BCUT2D eigenvalue weighted by Gasteiger charge is -2.49. The van der Waals surface area contributed by atoms with Crippen LogP contribution < -0.4 is 10.6 Å². The van der Waals surface area contributed by atoms with Crippen molar-refractivity contribution in [3.8, 4) is 0 Å². The molecule has 0 bridgehead atoms. The zero-order valence-corrected chi connectivity index (χ0v) is 19.3. The average Bonchev–Trinajstić information content (AvgIpc) is 2.77. The van der Waals surface area contributed by atoms with Gasteiger partial charge in [-0.2, -0.15) is 0 Å². The molecule has 0 radical (unpaired) electrons. The van der Waals surface area contributed by atoms with Gasteiger partial charge in [0.1, 0.15) is 17.3 Å². The first-order chi connectivity index (χ1) is 15.3. The Morgan fingerprint density at radius 2 is 1.91 bits per heavy atom. The third-order valence-corrected chi connectivity index (χ3v) is 6.89. The van der Waals surface area contributed by atoms with E-state index < -0.39 is 5.91 Å². The van der Waals surface area contributed by atoms with Gasteiger partial charge < -0.3 is 10.6 Å². The SMILES string of the molecule is C[C@@H]1CN(C2CCN(Cc3ccc(Cl)cc3F)CC2)[C@@H](C)CN1c1cnc(C(N)=O)cn1. The molecule has 4 rings (SSSR count). The number of carbonyl (C=O) groups is 1. The van der Waals surface area contributed by atoms with Crippen molar-refractivity contribution in [2.75, 3.05) is 31.1 Å². The number of nitrogens with zero attached hydrogens (tertiary/aromatic N) is 5. The van der Waals surface area contributed by atoms with Crippen LogP contribution in [0.4, 0.5) is 10.2 Å². The van der Waals surface area contributed by atoms with Gasteiger partial charge in [0, 0.05) is 48.3 Å². The standard InChI is InChI=1S/C23H30ClFN6O/c1-15-13-31(22-11-27-21(10-28-22)23(26)32)16(2)12-30(15)19-5-7-29(8-6-19)14-17-3-4-18(24)9-20(17)25/h3-4,9-11,15-16,19H,5-8,12-14H2,1-2H3,(H2,26,32)/t15-,16+/m0/s1. The predicted molar refractivity (Wildman–Crippen MR) is 123 cm³/mol. The Bertz CT molecular complexity index is 950. The maximum atomic E-state index is 14.1. The van der Waals surface area contributed by atoms with Crippen molar-refractivity contribution < 1.29 is 9.18 Å². The summed E-state index contributed by atoms with van der Waals surface area (Å²) < 4.78 is 14.1. The minimum atomic E-state index is -0.569. The van der Waals surface area contributed by atoms with Gasteiger partial charge in [-0.05, 0) is 51.9 Å². The lowest BCUT2D eigenvalue weighted by molar-refractivity contribution is 0.0583. The first-order valence-electron chi connectivity index (χ1n) is 11.1. The fourth-order valence-corrected chi connectivity index (χ4v) is 5.04. The van der Waals surface area contributed by atoms with Crippen LogP contribution in [0.5, 0.6) is 0 Å². The lowest BCUT2D eigenvalue weighted by Crippen LogP contribution is -2.61. The molecule has 0 spiro atoms. The maximum absolute atomic E-state index is 14.1. The largest absolute Gasteiger partial charge is 0.364 e. The van der Waals surface area contributed by atoms with E-state index in [0.29, 0.717) is 29.2 Å². The monoisotopic (exact) mass is 460 g/mol. The number of likely N-dealkylation sites (tertiary alicyclic amines) is 1. The summed E-state index contributed by atoms with van der Waals surface area (Å²) in [6.45, 7) is 8.76. The van der Waals surface area contributed by atoms with Crippen LogP contribution in [0.2, 0.25) is 5.02 Å². The van der Waals surface area contributed by atoms with Crippen molar-refractivity contribution in [3.05, 3.63) is 52.7 Å². The van der Waals surface area contributed by atoms with Gasteiger partial charge in [-0.3, -0.25) is 14.6 Å². The number of carbonyl (C=O) groups excluding carboxylic acids is 1. The third-order valence-electron chi connectivity index (χ3n) is 6.65. The molecule has 2 saturated heterocycles. The molecule has 2 fully saturated rings. The van der Waals surface area contributed by atoms with Crippen LogP contribution in [0.1, 0.15) is 42.7 Å². The first kappa shape index (κ1) is 22.9. The Labute approximate surface area is 193 Å². The quantitative estimate of drug-likeness (QED) is 0.739.